The minimum atomic E-state index is -4.69. The van der Waals surface area contributed by atoms with Gasteiger partial charge in [0.1, 0.15) is 6.54 Å². The highest BCUT2D eigenvalue weighted by Gasteiger charge is 2.24. The topological polar surface area (TPSA) is 72.5 Å². The number of nitrogens with one attached hydrogen (secondary N) is 1. The van der Waals surface area contributed by atoms with E-state index >= 15 is 0 Å². The van der Waals surface area contributed by atoms with Gasteiger partial charge in [-0.3, -0.25) is 4.79 Å². The molecule has 0 aromatic heterocycles. The van der Waals surface area contributed by atoms with Crippen molar-refractivity contribution >= 4 is 16.0 Å². The predicted octanol–water partition coefficient (Wildman–Crippen LogP) is -0.699. The summed E-state index contributed by atoms with van der Waals surface area (Å²) in [6.45, 7) is -0.789. The lowest BCUT2D eigenvalue weighted by atomic mass is 10.7. The maximum atomic E-state index is 11.6. The molecule has 8 heteroatoms. The second-order valence-corrected chi connectivity index (χ2v) is 3.44. The third kappa shape index (κ3) is 3.58. The second-order valence-electron chi connectivity index (χ2n) is 1.70. The first-order chi connectivity index (χ1) is 5.40. The summed E-state index contributed by atoms with van der Waals surface area (Å²) in [5.74, 6) is -4.47. The number of carbonyl (C=O) groups excluding carboxylic acids is 1. The summed E-state index contributed by atoms with van der Waals surface area (Å²) in [6.07, 6.45) is 0. The number of ether oxygens (including phenoxy) is 1. The molecule has 72 valence electrons. The van der Waals surface area contributed by atoms with Crippen molar-refractivity contribution in [3.63, 3.8) is 0 Å². The number of hydrogen-bond acceptors (Lipinski definition) is 4. The second kappa shape index (κ2) is 4.31. The van der Waals surface area contributed by atoms with Gasteiger partial charge in [0, 0.05) is 0 Å². The van der Waals surface area contributed by atoms with Gasteiger partial charge < -0.3 is 4.74 Å². The Kier molecular flexibility index (Phi) is 4.04. The zero-order valence-electron chi connectivity index (χ0n) is 6.08. The third-order valence-electron chi connectivity index (χ3n) is 0.880. The van der Waals surface area contributed by atoms with E-state index in [1.165, 1.54) is 4.72 Å². The Hall–Kier alpha value is -0.760. The highest BCUT2D eigenvalue weighted by Crippen LogP contribution is 2.00. The first-order valence-electron chi connectivity index (χ1n) is 2.73. The molecule has 0 aliphatic rings. The maximum Gasteiger partial charge on any atom is 0.350 e. The number of carbonyl (C=O) groups is 1. The van der Waals surface area contributed by atoms with Crippen molar-refractivity contribution < 1.29 is 26.7 Å². The fraction of sp³-hybridized carbons (Fsp3) is 0.750. The molecule has 5 nitrogen and oxygen atoms in total. The molecule has 0 heterocycles. The van der Waals surface area contributed by atoms with Gasteiger partial charge in [-0.05, 0) is 0 Å². The van der Waals surface area contributed by atoms with Crippen LogP contribution in [0.3, 0.4) is 0 Å². The molecule has 0 aromatic rings. The van der Waals surface area contributed by atoms with Crippen LogP contribution in [0.25, 0.3) is 0 Å². The summed E-state index contributed by atoms with van der Waals surface area (Å²) in [4.78, 5) is 10.3. The van der Waals surface area contributed by atoms with Gasteiger partial charge >= 0.3 is 11.7 Å². The molecule has 0 aliphatic carbocycles. The average Bonchev–Trinajstić information content (AvgIpc) is 2.00. The molecule has 0 radical (unpaired) electrons. The number of alkyl halides is 2. The van der Waals surface area contributed by atoms with Crippen LogP contribution in [0.15, 0.2) is 0 Å². The molecular weight excluding hydrogens is 196 g/mol. The number of esters is 1. The van der Waals surface area contributed by atoms with Gasteiger partial charge in [0.15, 0.2) is 0 Å². The van der Waals surface area contributed by atoms with Crippen molar-refractivity contribution in [3.8, 4) is 0 Å². The van der Waals surface area contributed by atoms with Gasteiger partial charge in [-0.1, -0.05) is 0 Å². The van der Waals surface area contributed by atoms with Crippen LogP contribution in [0.5, 0.6) is 0 Å². The zero-order chi connectivity index (χ0) is 9.78. The highest BCUT2D eigenvalue weighted by molar-refractivity contribution is 7.89. The van der Waals surface area contributed by atoms with E-state index < -0.39 is 28.3 Å². The zero-order valence-corrected chi connectivity index (χ0v) is 6.90. The van der Waals surface area contributed by atoms with Gasteiger partial charge in [-0.25, -0.2) is 8.42 Å². The highest BCUT2D eigenvalue weighted by atomic mass is 32.2. The molecule has 0 saturated heterocycles. The monoisotopic (exact) mass is 203 g/mol. The molecular formula is C4H7F2NO4S. The molecule has 0 aromatic carbocycles. The molecule has 0 bridgehead atoms. The minimum Gasteiger partial charge on any atom is -0.468 e. The van der Waals surface area contributed by atoms with Crippen LogP contribution in [0.4, 0.5) is 8.78 Å². The quantitative estimate of drug-likeness (QED) is 0.613. The number of sulfonamides is 1. The minimum absolute atomic E-state index is 0.789. The van der Waals surface area contributed by atoms with Crippen molar-refractivity contribution in [1.29, 1.82) is 0 Å². The van der Waals surface area contributed by atoms with Crippen molar-refractivity contribution in [2.45, 2.75) is 5.76 Å². The van der Waals surface area contributed by atoms with Crippen molar-refractivity contribution in [2.75, 3.05) is 13.7 Å². The Labute approximate surface area is 67.8 Å². The van der Waals surface area contributed by atoms with Crippen LogP contribution in [0.1, 0.15) is 0 Å². The van der Waals surface area contributed by atoms with Crippen molar-refractivity contribution in [2.24, 2.45) is 0 Å². The number of methoxy groups -OCH3 is 1. The molecule has 0 rings (SSSR count). The van der Waals surface area contributed by atoms with Gasteiger partial charge in [-0.15, -0.1) is 0 Å². The largest absolute Gasteiger partial charge is 0.468 e. The van der Waals surface area contributed by atoms with Gasteiger partial charge in [0.25, 0.3) is 10.0 Å². The molecule has 0 aliphatic heterocycles. The Morgan fingerprint density at radius 2 is 2.08 bits per heavy atom. The SMILES string of the molecule is COC(=O)CNS(=O)(=O)C(F)F. The molecule has 1 N–H and O–H groups in total. The summed E-state index contributed by atoms with van der Waals surface area (Å²) in [7, 11) is -3.67. The fourth-order valence-electron chi connectivity index (χ4n) is 0.295. The fourth-order valence-corrected chi connectivity index (χ4v) is 0.740. The number of halogens is 2. The third-order valence-corrected chi connectivity index (χ3v) is 1.90. The van der Waals surface area contributed by atoms with Crippen molar-refractivity contribution in [1.82, 2.24) is 4.72 Å². The lowest BCUT2D eigenvalue weighted by molar-refractivity contribution is -0.139. The van der Waals surface area contributed by atoms with Crippen LogP contribution in [0.2, 0.25) is 0 Å². The Bertz CT molecular complexity index is 250. The normalized spacial score (nSPS) is 11.7. The van der Waals surface area contributed by atoms with E-state index in [0.29, 0.717) is 0 Å². The van der Waals surface area contributed by atoms with Crippen LogP contribution in [-0.2, 0) is 19.6 Å². The smallest absolute Gasteiger partial charge is 0.350 e. The van der Waals surface area contributed by atoms with Crippen LogP contribution >= 0.6 is 0 Å². The van der Waals surface area contributed by atoms with E-state index in [4.69, 9.17) is 0 Å². The lowest BCUT2D eigenvalue weighted by Crippen LogP contribution is -2.34. The summed E-state index contributed by atoms with van der Waals surface area (Å²) in [5, 5.41) is 0. The van der Waals surface area contributed by atoms with Gasteiger partial charge in [0.05, 0.1) is 7.11 Å². The predicted molar refractivity (Wildman–Crippen MR) is 34.9 cm³/mol. The number of rotatable bonds is 4. The molecule has 0 saturated carbocycles. The van der Waals surface area contributed by atoms with Crippen LogP contribution in [-0.4, -0.2) is 33.8 Å². The molecule has 0 atom stereocenters. The van der Waals surface area contributed by atoms with E-state index in [-0.39, 0.29) is 0 Å². The summed E-state index contributed by atoms with van der Waals surface area (Å²) >= 11 is 0. The van der Waals surface area contributed by atoms with E-state index in [0.717, 1.165) is 7.11 Å². The van der Waals surface area contributed by atoms with E-state index in [2.05, 4.69) is 4.74 Å². The van der Waals surface area contributed by atoms with Gasteiger partial charge in [-0.2, -0.15) is 13.5 Å². The standard InChI is InChI=1S/C4H7F2NO4S/c1-11-3(8)2-7-12(9,10)4(5)6/h4,7H,2H2,1H3. The lowest BCUT2D eigenvalue weighted by Gasteiger charge is -2.02. The van der Waals surface area contributed by atoms with E-state index in [1.54, 1.807) is 0 Å². The molecule has 0 amide bonds. The molecule has 0 spiro atoms. The first-order valence-corrected chi connectivity index (χ1v) is 4.28. The Balaban J connectivity index is 4.02. The Morgan fingerprint density at radius 3 is 2.42 bits per heavy atom. The maximum absolute atomic E-state index is 11.6. The van der Waals surface area contributed by atoms with E-state index in [9.17, 15) is 22.0 Å². The summed E-state index contributed by atoms with van der Waals surface area (Å²) in [5.41, 5.74) is 0. The first kappa shape index (κ1) is 11.2. The molecule has 12 heavy (non-hydrogen) atoms. The Morgan fingerprint density at radius 1 is 1.58 bits per heavy atom. The molecule has 0 fully saturated rings. The summed E-state index contributed by atoms with van der Waals surface area (Å²) < 4.78 is 49.1. The van der Waals surface area contributed by atoms with Gasteiger partial charge in [0.2, 0.25) is 0 Å². The van der Waals surface area contributed by atoms with E-state index in [1.807, 2.05) is 0 Å². The molecule has 0 unspecified atom stereocenters. The van der Waals surface area contributed by atoms with Crippen LogP contribution < -0.4 is 4.72 Å². The van der Waals surface area contributed by atoms with Crippen LogP contribution in [0, 0.1) is 0 Å². The summed E-state index contributed by atoms with van der Waals surface area (Å²) in [6, 6.07) is 0. The average molecular weight is 203 g/mol. The number of hydrogen-bond donors (Lipinski definition) is 1. The van der Waals surface area contributed by atoms with Crippen molar-refractivity contribution in [3.05, 3.63) is 0 Å².